The van der Waals surface area contributed by atoms with Gasteiger partial charge in [0, 0.05) is 30.5 Å². The van der Waals surface area contributed by atoms with Gasteiger partial charge < -0.3 is 14.0 Å². The van der Waals surface area contributed by atoms with Crippen LogP contribution in [0, 0.1) is 3.57 Å². The van der Waals surface area contributed by atoms with Crippen LogP contribution < -0.4 is 4.74 Å². The number of nitrogens with zero attached hydrogens (tertiary/aromatic N) is 2. The van der Waals surface area contributed by atoms with E-state index < -0.39 is 8.07 Å². The molecule has 0 saturated heterocycles. The van der Waals surface area contributed by atoms with E-state index in [2.05, 4.69) is 47.2 Å². The highest BCUT2D eigenvalue weighted by Crippen LogP contribution is 2.32. The van der Waals surface area contributed by atoms with Crippen molar-refractivity contribution in [1.29, 1.82) is 0 Å². The van der Waals surface area contributed by atoms with Gasteiger partial charge in [0.25, 0.3) is 0 Å². The van der Waals surface area contributed by atoms with Crippen molar-refractivity contribution in [3.8, 4) is 5.75 Å². The van der Waals surface area contributed by atoms with Gasteiger partial charge in [-0.1, -0.05) is 31.2 Å². The van der Waals surface area contributed by atoms with Crippen molar-refractivity contribution in [2.45, 2.75) is 32.4 Å². The number of hydrogen-bond acceptors (Lipinski definition) is 3. The highest BCUT2D eigenvalue weighted by atomic mass is 127. The van der Waals surface area contributed by atoms with Gasteiger partial charge in [0.15, 0.2) is 0 Å². The van der Waals surface area contributed by atoms with Gasteiger partial charge in [0.1, 0.15) is 23.3 Å². The summed E-state index contributed by atoms with van der Waals surface area (Å²) in [7, 11) is 0.582. The van der Waals surface area contributed by atoms with Crippen LogP contribution in [0.1, 0.15) is 0 Å². The minimum atomic E-state index is -1.06. The molecular weight excluding hydrogens is 419 g/mol. The number of rotatable bonds is 6. The van der Waals surface area contributed by atoms with E-state index in [0.717, 1.165) is 33.0 Å². The van der Waals surface area contributed by atoms with Crippen molar-refractivity contribution in [2.24, 2.45) is 0 Å². The summed E-state index contributed by atoms with van der Waals surface area (Å²) < 4.78 is 14.3. The van der Waals surface area contributed by atoms with Crippen LogP contribution in [0.3, 0.4) is 0 Å². The van der Waals surface area contributed by atoms with Crippen molar-refractivity contribution < 1.29 is 9.47 Å². The molecule has 0 radical (unpaired) electrons. The smallest absolute Gasteiger partial charge is 0.148 e. The number of hydrogen-bond donors (Lipinski definition) is 0. The van der Waals surface area contributed by atoms with E-state index in [-0.39, 0.29) is 0 Å². The van der Waals surface area contributed by atoms with Crippen LogP contribution in [0.4, 0.5) is 0 Å². The molecule has 0 aromatic carbocycles. The zero-order chi connectivity index (χ0) is 15.6. The highest BCUT2D eigenvalue weighted by Gasteiger charge is 2.15. The lowest BCUT2D eigenvalue weighted by Gasteiger charge is -2.15. The van der Waals surface area contributed by atoms with E-state index in [1.54, 1.807) is 13.2 Å². The first-order valence-corrected chi connectivity index (χ1v) is 11.9. The Morgan fingerprint density at radius 2 is 2.10 bits per heavy atom. The number of fused-ring (bicyclic) bond motifs is 1. The van der Waals surface area contributed by atoms with Gasteiger partial charge in [-0.05, 0) is 28.6 Å². The third kappa shape index (κ3) is 4.34. The lowest BCUT2D eigenvalue weighted by Crippen LogP contribution is -2.22. The summed E-state index contributed by atoms with van der Waals surface area (Å²) in [6.07, 6.45) is 2.02. The molecule has 0 amide bonds. The molecule has 21 heavy (non-hydrogen) atoms. The predicted octanol–water partition coefficient (Wildman–Crippen LogP) is 4.62. The molecule has 0 bridgehead atoms. The maximum absolute atomic E-state index is 6.06. The molecule has 0 aliphatic carbocycles. The van der Waals surface area contributed by atoms with Crippen LogP contribution in [0.25, 0.3) is 11.0 Å². The van der Waals surface area contributed by atoms with Crippen LogP contribution in [-0.4, -0.2) is 31.3 Å². The molecule has 2 rings (SSSR count). The second-order valence-electron chi connectivity index (χ2n) is 6.14. The van der Waals surface area contributed by atoms with Crippen molar-refractivity contribution >= 4 is 53.3 Å². The SMILES string of the molecule is COc1cc(Cl)nc2c1c(I)cn2COCC[Si](C)(C)C. The maximum atomic E-state index is 6.06. The molecule has 0 atom stereocenters. The van der Waals surface area contributed by atoms with Gasteiger partial charge in [-0.25, -0.2) is 4.98 Å². The maximum Gasteiger partial charge on any atom is 0.148 e. The average Bonchev–Trinajstić information content (AvgIpc) is 2.69. The third-order valence-electron chi connectivity index (χ3n) is 3.16. The molecular formula is C14H20ClIN2O2Si. The molecule has 0 spiro atoms. The van der Waals surface area contributed by atoms with Gasteiger partial charge in [0.05, 0.1) is 12.5 Å². The summed E-state index contributed by atoms with van der Waals surface area (Å²) in [5.74, 6) is 0.746. The molecule has 116 valence electrons. The molecule has 0 unspecified atom stereocenters. The summed E-state index contributed by atoms with van der Waals surface area (Å²) in [4.78, 5) is 4.40. The molecule has 2 heterocycles. The minimum absolute atomic E-state index is 0.428. The normalized spacial score (nSPS) is 12.1. The van der Waals surface area contributed by atoms with Crippen LogP contribution in [0.5, 0.6) is 5.75 Å². The van der Waals surface area contributed by atoms with Gasteiger partial charge >= 0.3 is 0 Å². The summed E-state index contributed by atoms with van der Waals surface area (Å²) in [6, 6.07) is 2.89. The van der Waals surface area contributed by atoms with Crippen LogP contribution in [0.15, 0.2) is 12.3 Å². The van der Waals surface area contributed by atoms with Crippen molar-refractivity contribution in [1.82, 2.24) is 9.55 Å². The fourth-order valence-electron chi connectivity index (χ4n) is 1.98. The summed E-state index contributed by atoms with van der Waals surface area (Å²) in [5.41, 5.74) is 0.803. The minimum Gasteiger partial charge on any atom is -0.496 e. The van der Waals surface area contributed by atoms with Gasteiger partial charge in [-0.3, -0.25) is 0 Å². The molecule has 0 N–H and O–H groups in total. The molecule has 0 aliphatic heterocycles. The summed E-state index contributed by atoms with van der Waals surface area (Å²) in [5, 5.41) is 1.41. The van der Waals surface area contributed by atoms with E-state index in [1.165, 1.54) is 0 Å². The zero-order valence-corrected chi connectivity index (χ0v) is 16.7. The first-order valence-electron chi connectivity index (χ1n) is 6.78. The zero-order valence-electron chi connectivity index (χ0n) is 12.7. The molecule has 7 heteroatoms. The van der Waals surface area contributed by atoms with Crippen molar-refractivity contribution in [3.05, 3.63) is 21.0 Å². The lowest BCUT2D eigenvalue weighted by atomic mass is 10.3. The van der Waals surface area contributed by atoms with E-state index in [0.29, 0.717) is 11.9 Å². The first kappa shape index (κ1) is 17.0. The number of aromatic nitrogens is 2. The van der Waals surface area contributed by atoms with Gasteiger partial charge in [-0.15, -0.1) is 0 Å². The monoisotopic (exact) mass is 438 g/mol. The second kappa shape index (κ2) is 6.85. The number of ether oxygens (including phenoxy) is 2. The molecule has 4 nitrogen and oxygen atoms in total. The quantitative estimate of drug-likeness (QED) is 0.286. The standard InChI is InChI=1S/C14H20ClIN2O2Si/c1-19-11-7-12(15)17-14-13(11)10(16)8-18(14)9-20-5-6-21(2,3)4/h7-8H,5-6,9H2,1-4H3. The fourth-order valence-corrected chi connectivity index (χ4v) is 3.75. The van der Waals surface area contributed by atoms with Crippen LogP contribution >= 0.6 is 34.2 Å². The average molecular weight is 439 g/mol. The molecule has 0 aliphatic rings. The molecule has 0 saturated carbocycles. The molecule has 0 fully saturated rings. The predicted molar refractivity (Wildman–Crippen MR) is 98.1 cm³/mol. The number of halogens is 2. The Labute approximate surface area is 144 Å². The largest absolute Gasteiger partial charge is 0.496 e. The Bertz CT molecular complexity index is 640. The molecule has 2 aromatic heterocycles. The Kier molecular flexibility index (Phi) is 5.56. The second-order valence-corrected chi connectivity index (χ2v) is 13.3. The van der Waals surface area contributed by atoms with E-state index in [4.69, 9.17) is 21.1 Å². The van der Waals surface area contributed by atoms with Crippen LogP contribution in [-0.2, 0) is 11.5 Å². The first-order chi connectivity index (χ1) is 9.81. The summed E-state index contributed by atoms with van der Waals surface area (Å²) in [6.45, 7) is 8.30. The Morgan fingerprint density at radius 3 is 2.71 bits per heavy atom. The Hall–Kier alpha value is -0.313. The van der Waals surface area contributed by atoms with Crippen molar-refractivity contribution in [2.75, 3.05) is 13.7 Å². The third-order valence-corrected chi connectivity index (χ3v) is 5.88. The highest BCUT2D eigenvalue weighted by molar-refractivity contribution is 14.1. The van der Waals surface area contributed by atoms with E-state index in [9.17, 15) is 0 Å². The van der Waals surface area contributed by atoms with Crippen LogP contribution in [0.2, 0.25) is 30.8 Å². The Morgan fingerprint density at radius 1 is 1.38 bits per heavy atom. The topological polar surface area (TPSA) is 36.3 Å². The molecule has 2 aromatic rings. The summed E-state index contributed by atoms with van der Waals surface area (Å²) >= 11 is 8.34. The van der Waals surface area contributed by atoms with Crippen molar-refractivity contribution in [3.63, 3.8) is 0 Å². The number of pyridine rings is 1. The van der Waals surface area contributed by atoms with Gasteiger partial charge in [-0.2, -0.15) is 0 Å². The lowest BCUT2D eigenvalue weighted by molar-refractivity contribution is 0.0898. The van der Waals surface area contributed by atoms with Gasteiger partial charge in [0.2, 0.25) is 0 Å². The number of methoxy groups -OCH3 is 1. The Balaban J connectivity index is 2.19. The van der Waals surface area contributed by atoms with E-state index >= 15 is 0 Å². The van der Waals surface area contributed by atoms with E-state index in [1.807, 2.05) is 10.8 Å². The fraction of sp³-hybridized carbons (Fsp3) is 0.500.